The number of aromatic nitrogens is 3. The molecule has 13 heteroatoms. The molecule has 0 amide bonds. The van der Waals surface area contributed by atoms with Gasteiger partial charge in [-0.1, -0.05) is 12.1 Å². The molecule has 0 saturated heterocycles. The predicted molar refractivity (Wildman–Crippen MR) is 119 cm³/mol. The highest BCUT2D eigenvalue weighted by molar-refractivity contribution is 7.87. The minimum Gasteiger partial charge on any atom is -0.471 e. The summed E-state index contributed by atoms with van der Waals surface area (Å²) in [5, 5.41) is 12.7. The van der Waals surface area contributed by atoms with Crippen molar-refractivity contribution in [2.75, 3.05) is 11.9 Å². The van der Waals surface area contributed by atoms with Gasteiger partial charge >= 0.3 is 16.6 Å². The van der Waals surface area contributed by atoms with Gasteiger partial charge < -0.3 is 19.4 Å². The lowest BCUT2D eigenvalue weighted by Gasteiger charge is -2.16. The van der Waals surface area contributed by atoms with Gasteiger partial charge in [0.2, 0.25) is 5.88 Å². The summed E-state index contributed by atoms with van der Waals surface area (Å²) in [5.41, 5.74) is 1.11. The largest absolute Gasteiger partial charge is 0.573 e. The number of nitrogens with two attached hydrogens (primary N) is 1. The number of nitrogens with one attached hydrogen (secondary N) is 1. The average molecular weight is 495 g/mol. The molecular formula is C21H20F3N5O4S. The Balaban J connectivity index is 1.58. The molecule has 0 saturated carbocycles. The lowest BCUT2D eigenvalue weighted by Crippen LogP contribution is -2.22. The van der Waals surface area contributed by atoms with Gasteiger partial charge in [0.25, 0.3) is 0 Å². The van der Waals surface area contributed by atoms with Crippen LogP contribution in [-0.4, -0.2) is 35.1 Å². The molecule has 0 radical (unpaired) electrons. The molecule has 0 spiro atoms. The van der Waals surface area contributed by atoms with Gasteiger partial charge in [-0.25, -0.2) is 5.14 Å². The van der Waals surface area contributed by atoms with E-state index in [9.17, 15) is 21.6 Å². The van der Waals surface area contributed by atoms with Crippen LogP contribution in [-0.2, 0) is 23.4 Å². The molecule has 0 unspecified atom stereocenters. The zero-order chi connectivity index (χ0) is 24.3. The van der Waals surface area contributed by atoms with Gasteiger partial charge in [-0.2, -0.15) is 8.42 Å². The lowest BCUT2D eigenvalue weighted by molar-refractivity contribution is -0.274. The smallest absolute Gasteiger partial charge is 0.471 e. The van der Waals surface area contributed by atoms with Crippen LogP contribution >= 0.6 is 0 Å². The van der Waals surface area contributed by atoms with Crippen LogP contribution < -0.4 is 19.9 Å². The Morgan fingerprint density at radius 1 is 1.06 bits per heavy atom. The van der Waals surface area contributed by atoms with Gasteiger partial charge in [-0.05, 0) is 36.4 Å². The highest BCUT2D eigenvalue weighted by Crippen LogP contribution is 2.30. The fourth-order valence-electron chi connectivity index (χ4n) is 3.34. The maximum Gasteiger partial charge on any atom is 0.573 e. The zero-order valence-electron chi connectivity index (χ0n) is 17.6. The molecule has 2 aromatic heterocycles. The van der Waals surface area contributed by atoms with Gasteiger partial charge in [0, 0.05) is 42.8 Å². The minimum absolute atomic E-state index is 0.0125. The summed E-state index contributed by atoms with van der Waals surface area (Å²) in [6.45, 7) is 0.880. The van der Waals surface area contributed by atoms with E-state index in [1.165, 1.54) is 24.3 Å². The number of rotatable bonds is 9. The number of halogens is 3. The normalized spacial score (nSPS) is 12.1. The van der Waals surface area contributed by atoms with Crippen LogP contribution in [0.15, 0.2) is 67.0 Å². The summed E-state index contributed by atoms with van der Waals surface area (Å²) in [6, 6.07) is 14.0. The molecule has 0 aliphatic heterocycles. The maximum absolute atomic E-state index is 12.7. The van der Waals surface area contributed by atoms with Crippen LogP contribution in [0.5, 0.6) is 11.6 Å². The monoisotopic (exact) mass is 495 g/mol. The molecule has 3 N–H and O–H groups in total. The van der Waals surface area contributed by atoms with Gasteiger partial charge in [0.05, 0.1) is 10.9 Å². The Morgan fingerprint density at radius 2 is 1.79 bits per heavy atom. The summed E-state index contributed by atoms with van der Waals surface area (Å²) < 4.78 is 74.1. The standard InChI is InChI=1S/C21H20F3N5O4S/c22-21(23,24)33-16-8-7-15(18(13-16)26-9-12-28-10-3-4-11-28)14-32-20-17-5-1-2-6-19(17)29(27-20)34(25,30)31/h1-8,10-11,13,26H,9,12,14H2,(H2,25,30,31). The third-order valence-electron chi connectivity index (χ3n) is 4.79. The van der Waals surface area contributed by atoms with E-state index in [1.54, 1.807) is 18.2 Å². The van der Waals surface area contributed by atoms with Crippen molar-refractivity contribution in [2.24, 2.45) is 5.14 Å². The summed E-state index contributed by atoms with van der Waals surface area (Å²) in [7, 11) is -4.17. The van der Waals surface area contributed by atoms with Gasteiger partial charge in [0.1, 0.15) is 12.4 Å². The van der Waals surface area contributed by atoms with Crippen molar-refractivity contribution in [1.82, 2.24) is 13.8 Å². The summed E-state index contributed by atoms with van der Waals surface area (Å²) in [5.74, 6) is -0.373. The number of hydrogen-bond acceptors (Lipinski definition) is 6. The molecule has 2 heterocycles. The third-order valence-corrected chi connectivity index (χ3v) is 5.55. The molecule has 0 bridgehead atoms. The lowest BCUT2D eigenvalue weighted by atomic mass is 10.1. The number of hydrogen-bond donors (Lipinski definition) is 2. The van der Waals surface area contributed by atoms with Gasteiger partial charge in [0.15, 0.2) is 0 Å². The molecular weight excluding hydrogens is 475 g/mol. The minimum atomic E-state index is -4.83. The van der Waals surface area contributed by atoms with Gasteiger partial charge in [-0.15, -0.1) is 22.4 Å². The van der Waals surface area contributed by atoms with Crippen LogP contribution in [0.1, 0.15) is 5.56 Å². The van der Waals surface area contributed by atoms with E-state index in [0.29, 0.717) is 33.8 Å². The first-order valence-electron chi connectivity index (χ1n) is 9.97. The Morgan fingerprint density at radius 3 is 2.50 bits per heavy atom. The van der Waals surface area contributed by atoms with Crippen molar-refractivity contribution in [1.29, 1.82) is 0 Å². The topological polar surface area (TPSA) is 113 Å². The molecule has 0 fully saturated rings. The second kappa shape index (κ2) is 9.27. The molecule has 34 heavy (non-hydrogen) atoms. The van der Waals surface area contributed by atoms with Crippen molar-refractivity contribution in [3.8, 4) is 11.6 Å². The average Bonchev–Trinajstić information content (AvgIpc) is 3.40. The molecule has 4 aromatic rings. The summed E-state index contributed by atoms with van der Waals surface area (Å²) in [4.78, 5) is 0. The number of benzene rings is 2. The van der Waals surface area contributed by atoms with Crippen molar-refractivity contribution >= 4 is 26.8 Å². The van der Waals surface area contributed by atoms with Crippen molar-refractivity contribution in [3.63, 3.8) is 0 Å². The van der Waals surface area contributed by atoms with E-state index >= 15 is 0 Å². The molecule has 2 aromatic carbocycles. The van der Waals surface area contributed by atoms with E-state index in [4.69, 9.17) is 9.88 Å². The highest BCUT2D eigenvalue weighted by atomic mass is 32.2. The molecule has 0 aliphatic carbocycles. The maximum atomic E-state index is 12.7. The number of anilines is 1. The molecule has 4 rings (SSSR count). The Bertz CT molecular complexity index is 1390. The number of fused-ring (bicyclic) bond motifs is 1. The Kier molecular flexibility index (Phi) is 6.39. The van der Waals surface area contributed by atoms with Crippen LogP contribution in [0.25, 0.3) is 10.9 Å². The van der Waals surface area contributed by atoms with Crippen molar-refractivity contribution < 1.29 is 31.1 Å². The number of ether oxygens (including phenoxy) is 2. The third kappa shape index (κ3) is 5.61. The van der Waals surface area contributed by atoms with Crippen LogP contribution in [0.3, 0.4) is 0 Å². The second-order valence-corrected chi connectivity index (χ2v) is 8.59. The van der Waals surface area contributed by atoms with Crippen LogP contribution in [0.2, 0.25) is 0 Å². The molecule has 0 atom stereocenters. The van der Waals surface area contributed by atoms with Crippen LogP contribution in [0.4, 0.5) is 18.9 Å². The molecule has 0 aliphatic rings. The quantitative estimate of drug-likeness (QED) is 0.368. The first-order chi connectivity index (χ1) is 16.1. The van der Waals surface area contributed by atoms with E-state index in [0.717, 1.165) is 0 Å². The number of nitrogens with zero attached hydrogens (tertiary/aromatic N) is 3. The van der Waals surface area contributed by atoms with E-state index in [2.05, 4.69) is 15.2 Å². The highest BCUT2D eigenvalue weighted by Gasteiger charge is 2.31. The first kappa shape index (κ1) is 23.4. The first-order valence-corrected chi connectivity index (χ1v) is 11.5. The molecule has 9 nitrogen and oxygen atoms in total. The summed E-state index contributed by atoms with van der Waals surface area (Å²) in [6.07, 6.45) is -1.11. The summed E-state index contributed by atoms with van der Waals surface area (Å²) >= 11 is 0. The second-order valence-electron chi connectivity index (χ2n) is 7.21. The van der Waals surface area contributed by atoms with E-state index < -0.39 is 16.6 Å². The van der Waals surface area contributed by atoms with E-state index in [-0.39, 0.29) is 23.8 Å². The Hall–Kier alpha value is -3.71. The van der Waals surface area contributed by atoms with Crippen LogP contribution in [0, 0.1) is 0 Å². The Labute approximate surface area is 192 Å². The van der Waals surface area contributed by atoms with Gasteiger partial charge in [-0.3, -0.25) is 0 Å². The SMILES string of the molecule is NS(=O)(=O)n1nc(OCc2ccc(OC(F)(F)F)cc2NCCn2cccc2)c2ccccc21. The fraction of sp³-hybridized carbons (Fsp3) is 0.190. The van der Waals surface area contributed by atoms with Crippen molar-refractivity contribution in [2.45, 2.75) is 19.5 Å². The fourth-order valence-corrected chi connectivity index (χ4v) is 3.96. The van der Waals surface area contributed by atoms with Crippen molar-refractivity contribution in [3.05, 3.63) is 72.6 Å². The number of alkyl halides is 3. The van der Waals surface area contributed by atoms with E-state index in [1.807, 2.05) is 29.1 Å². The number of para-hydroxylation sites is 1. The zero-order valence-corrected chi connectivity index (χ0v) is 18.4. The predicted octanol–water partition coefficient (Wildman–Crippen LogP) is 3.48. The molecule has 180 valence electrons.